The van der Waals surface area contributed by atoms with Gasteiger partial charge in [-0.2, -0.15) is 4.31 Å². The number of benzene rings is 1. The number of carbonyl (C=O) groups excluding carboxylic acids is 1. The summed E-state index contributed by atoms with van der Waals surface area (Å²) in [6.07, 6.45) is 3.89. The van der Waals surface area contributed by atoms with E-state index in [1.165, 1.54) is 10.6 Å². The normalized spacial score (nSPS) is 14.8. The lowest BCUT2D eigenvalue weighted by molar-refractivity contribution is -0.137. The Morgan fingerprint density at radius 2 is 1.93 bits per heavy atom. The summed E-state index contributed by atoms with van der Waals surface area (Å²) < 4.78 is 31.0. The molecule has 0 aliphatic carbocycles. The molecule has 0 radical (unpaired) electrons. The van der Waals surface area contributed by atoms with Crippen molar-refractivity contribution >= 4 is 15.9 Å². The number of nitrogens with zero attached hydrogens (tertiary/aromatic N) is 3. The Balaban J connectivity index is 1.52. The van der Waals surface area contributed by atoms with Gasteiger partial charge in [-0.1, -0.05) is 18.2 Å². The number of carbonyl (C=O) groups is 1. The molecule has 1 aromatic carbocycles. The number of aryl methyl sites for hydroxylation is 1. The smallest absolute Gasteiger partial charge is 0.223 e. The van der Waals surface area contributed by atoms with E-state index < -0.39 is 10.0 Å². The molecule has 0 saturated carbocycles. The van der Waals surface area contributed by atoms with Gasteiger partial charge >= 0.3 is 0 Å². The highest BCUT2D eigenvalue weighted by Crippen LogP contribution is 2.21. The van der Waals surface area contributed by atoms with Gasteiger partial charge in [-0.05, 0) is 36.2 Å². The van der Waals surface area contributed by atoms with Crippen LogP contribution in [0.3, 0.4) is 0 Å². The molecule has 0 spiro atoms. The van der Waals surface area contributed by atoms with Gasteiger partial charge in [0.25, 0.3) is 0 Å². The standard InChI is InChI=1S/C20H25N3O4S/c1-27-19-9-6-16(7-10-19)8-11-20(24)22-14-18(15-22)23(28(2,25)26)13-17-5-3-4-12-21-17/h3-7,9-10,12,18H,8,11,13-15H2,1-2H3. The molecule has 0 atom stereocenters. The van der Waals surface area contributed by atoms with Crippen LogP contribution in [0.4, 0.5) is 0 Å². The second-order valence-electron chi connectivity index (χ2n) is 6.93. The lowest BCUT2D eigenvalue weighted by Crippen LogP contribution is -2.61. The van der Waals surface area contributed by atoms with Gasteiger partial charge in [0.05, 0.1) is 31.6 Å². The topological polar surface area (TPSA) is 79.8 Å². The van der Waals surface area contributed by atoms with Crippen LogP contribution < -0.4 is 4.74 Å². The zero-order chi connectivity index (χ0) is 20.1. The third kappa shape index (κ3) is 5.08. The van der Waals surface area contributed by atoms with Crippen LogP contribution in [-0.2, 0) is 27.8 Å². The number of hydrogen-bond donors (Lipinski definition) is 0. The molecule has 150 valence electrons. The number of pyridine rings is 1. The number of ether oxygens (including phenoxy) is 1. The molecule has 8 heteroatoms. The summed E-state index contributed by atoms with van der Waals surface area (Å²) in [4.78, 5) is 18.3. The molecular formula is C20H25N3O4S. The molecule has 2 aromatic rings. The molecule has 0 N–H and O–H groups in total. The van der Waals surface area contributed by atoms with Crippen molar-refractivity contribution in [2.75, 3.05) is 26.5 Å². The molecule has 1 amide bonds. The van der Waals surface area contributed by atoms with Crippen molar-refractivity contribution in [2.24, 2.45) is 0 Å². The summed E-state index contributed by atoms with van der Waals surface area (Å²) in [5.74, 6) is 0.827. The van der Waals surface area contributed by atoms with Crippen molar-refractivity contribution in [2.45, 2.75) is 25.4 Å². The fourth-order valence-electron chi connectivity index (χ4n) is 3.21. The van der Waals surface area contributed by atoms with Crippen LogP contribution >= 0.6 is 0 Å². The monoisotopic (exact) mass is 403 g/mol. The fraction of sp³-hybridized carbons (Fsp3) is 0.400. The highest BCUT2D eigenvalue weighted by atomic mass is 32.2. The molecule has 0 bridgehead atoms. The Kier molecular flexibility index (Phi) is 6.31. The Hall–Kier alpha value is -2.45. The summed E-state index contributed by atoms with van der Waals surface area (Å²) >= 11 is 0. The maximum atomic E-state index is 12.4. The number of amides is 1. The van der Waals surface area contributed by atoms with Crippen molar-refractivity contribution in [3.8, 4) is 5.75 Å². The van der Waals surface area contributed by atoms with Gasteiger partial charge in [0, 0.05) is 25.7 Å². The van der Waals surface area contributed by atoms with E-state index in [2.05, 4.69) is 4.98 Å². The minimum Gasteiger partial charge on any atom is -0.497 e. The first-order valence-corrected chi connectivity index (χ1v) is 11.0. The third-order valence-electron chi connectivity index (χ3n) is 4.88. The predicted molar refractivity (Wildman–Crippen MR) is 106 cm³/mol. The molecule has 1 saturated heterocycles. The number of methoxy groups -OCH3 is 1. The van der Waals surface area contributed by atoms with E-state index in [1.807, 2.05) is 30.3 Å². The van der Waals surface area contributed by atoms with Crippen LogP contribution in [0.25, 0.3) is 0 Å². The van der Waals surface area contributed by atoms with Crippen molar-refractivity contribution < 1.29 is 17.9 Å². The van der Waals surface area contributed by atoms with Crippen LogP contribution in [0, 0.1) is 0 Å². The third-order valence-corrected chi connectivity index (χ3v) is 6.16. The van der Waals surface area contributed by atoms with Crippen molar-refractivity contribution in [3.05, 3.63) is 59.9 Å². The summed E-state index contributed by atoms with van der Waals surface area (Å²) in [5.41, 5.74) is 1.76. The lowest BCUT2D eigenvalue weighted by atomic mass is 10.1. The quantitative estimate of drug-likeness (QED) is 0.670. The summed E-state index contributed by atoms with van der Waals surface area (Å²) in [7, 11) is -1.77. The second kappa shape index (κ2) is 8.70. The average molecular weight is 404 g/mol. The van der Waals surface area contributed by atoms with E-state index in [0.29, 0.717) is 31.6 Å². The van der Waals surface area contributed by atoms with Crippen LogP contribution in [0.2, 0.25) is 0 Å². The van der Waals surface area contributed by atoms with Gasteiger partial charge in [-0.3, -0.25) is 9.78 Å². The minimum absolute atomic E-state index is 0.0401. The summed E-state index contributed by atoms with van der Waals surface area (Å²) in [5, 5.41) is 0. The number of rotatable bonds is 8. The molecule has 1 aliphatic rings. The summed E-state index contributed by atoms with van der Waals surface area (Å²) in [6, 6.07) is 12.9. The fourth-order valence-corrected chi connectivity index (χ4v) is 4.25. The minimum atomic E-state index is -3.39. The molecule has 1 aromatic heterocycles. The highest BCUT2D eigenvalue weighted by molar-refractivity contribution is 7.88. The highest BCUT2D eigenvalue weighted by Gasteiger charge is 2.38. The molecule has 2 heterocycles. The first-order valence-electron chi connectivity index (χ1n) is 9.14. The number of sulfonamides is 1. The van der Waals surface area contributed by atoms with E-state index in [-0.39, 0.29) is 18.5 Å². The van der Waals surface area contributed by atoms with Gasteiger partial charge < -0.3 is 9.64 Å². The van der Waals surface area contributed by atoms with Crippen LogP contribution in [-0.4, -0.2) is 61.0 Å². The van der Waals surface area contributed by atoms with Gasteiger partial charge in [0.2, 0.25) is 15.9 Å². The van der Waals surface area contributed by atoms with E-state index >= 15 is 0 Å². The maximum absolute atomic E-state index is 12.4. The lowest BCUT2D eigenvalue weighted by Gasteiger charge is -2.44. The number of hydrogen-bond acceptors (Lipinski definition) is 5. The van der Waals surface area contributed by atoms with Crippen molar-refractivity contribution in [3.63, 3.8) is 0 Å². The molecule has 0 unspecified atom stereocenters. The van der Waals surface area contributed by atoms with Gasteiger partial charge in [-0.15, -0.1) is 0 Å². The molecule has 3 rings (SSSR count). The number of aromatic nitrogens is 1. The van der Waals surface area contributed by atoms with Crippen molar-refractivity contribution in [1.82, 2.24) is 14.2 Å². The maximum Gasteiger partial charge on any atom is 0.223 e. The molecule has 1 fully saturated rings. The van der Waals surface area contributed by atoms with Gasteiger partial charge in [-0.25, -0.2) is 8.42 Å². The van der Waals surface area contributed by atoms with Gasteiger partial charge in [0.15, 0.2) is 0 Å². The van der Waals surface area contributed by atoms with E-state index in [4.69, 9.17) is 4.74 Å². The number of likely N-dealkylation sites (tertiary alicyclic amines) is 1. The Morgan fingerprint density at radius 1 is 1.21 bits per heavy atom. The SMILES string of the molecule is COc1ccc(CCC(=O)N2CC(N(Cc3ccccn3)S(C)(=O)=O)C2)cc1. The largest absolute Gasteiger partial charge is 0.497 e. The van der Waals surface area contributed by atoms with E-state index in [0.717, 1.165) is 11.3 Å². The second-order valence-corrected chi connectivity index (χ2v) is 8.86. The molecule has 7 nitrogen and oxygen atoms in total. The Morgan fingerprint density at radius 3 is 2.50 bits per heavy atom. The van der Waals surface area contributed by atoms with Crippen LogP contribution in [0.1, 0.15) is 17.7 Å². The van der Waals surface area contributed by atoms with Gasteiger partial charge in [0.1, 0.15) is 5.75 Å². The average Bonchev–Trinajstić information content (AvgIpc) is 2.65. The molecule has 28 heavy (non-hydrogen) atoms. The van der Waals surface area contributed by atoms with E-state index in [9.17, 15) is 13.2 Å². The zero-order valence-corrected chi connectivity index (χ0v) is 16.9. The van der Waals surface area contributed by atoms with E-state index in [1.54, 1.807) is 30.3 Å². The first-order chi connectivity index (χ1) is 13.4. The van der Waals surface area contributed by atoms with Crippen LogP contribution in [0.15, 0.2) is 48.7 Å². The predicted octanol–water partition coefficient (Wildman–Crippen LogP) is 1.70. The van der Waals surface area contributed by atoms with Crippen molar-refractivity contribution in [1.29, 1.82) is 0 Å². The Labute approximate surface area is 166 Å². The zero-order valence-electron chi connectivity index (χ0n) is 16.1. The first kappa shape index (κ1) is 20.3. The van der Waals surface area contributed by atoms with Crippen LogP contribution in [0.5, 0.6) is 5.75 Å². The molecule has 1 aliphatic heterocycles. The summed E-state index contributed by atoms with van der Waals surface area (Å²) in [6.45, 7) is 1.06. The molecular weight excluding hydrogens is 378 g/mol. The Bertz CT molecular complexity index is 895.